The maximum absolute atomic E-state index is 12.1. The molecule has 2 heterocycles. The molecule has 0 spiro atoms. The molecule has 7 heteroatoms. The standard InChI is InChI=1S/C35H37NO6/c1-40-32(37)19-24(18-23-8-4-2-5-9-23)22-42-27-13-15-29-31(21-27)41-17-16-36-30-20-26(35(38)39)12-14-28(30)33(34(29)36)25-10-6-3-7-11-25/h2,4-5,8-9,12-15,20-21,24-25H,3,6-7,10-11,16-19,22H2,1H3,(H,38,39)/t24-/m1/s1. The van der Waals surface area contributed by atoms with Crippen LogP contribution >= 0.6 is 0 Å². The molecular formula is C35H37NO6. The third kappa shape index (κ3) is 5.73. The minimum atomic E-state index is -0.920. The number of esters is 1. The summed E-state index contributed by atoms with van der Waals surface area (Å²) in [5.41, 5.74) is 5.84. The Morgan fingerprint density at radius 3 is 2.60 bits per heavy atom. The number of nitrogens with zero attached hydrogens (tertiary/aromatic N) is 1. The molecule has 0 saturated heterocycles. The molecule has 1 fully saturated rings. The average Bonchev–Trinajstić information content (AvgIpc) is 3.22. The molecule has 3 aromatic carbocycles. The van der Waals surface area contributed by atoms with Crippen LogP contribution in [-0.2, 0) is 22.5 Å². The summed E-state index contributed by atoms with van der Waals surface area (Å²) in [7, 11) is 1.41. The predicted octanol–water partition coefficient (Wildman–Crippen LogP) is 7.25. The molecule has 1 aliphatic carbocycles. The number of carbonyl (C=O) groups excluding carboxylic acids is 1. The van der Waals surface area contributed by atoms with Crippen molar-refractivity contribution in [1.82, 2.24) is 4.57 Å². The normalized spacial score (nSPS) is 15.6. The van der Waals surface area contributed by atoms with Gasteiger partial charge in [-0.2, -0.15) is 0 Å². The molecule has 1 aromatic heterocycles. The van der Waals surface area contributed by atoms with Crippen molar-refractivity contribution in [3.8, 4) is 22.8 Å². The Balaban J connectivity index is 1.34. The Morgan fingerprint density at radius 2 is 1.83 bits per heavy atom. The number of ether oxygens (including phenoxy) is 3. The van der Waals surface area contributed by atoms with Crippen molar-refractivity contribution in [2.24, 2.45) is 5.92 Å². The summed E-state index contributed by atoms with van der Waals surface area (Å²) in [5, 5.41) is 10.8. The maximum atomic E-state index is 12.1. The van der Waals surface area contributed by atoms with E-state index in [-0.39, 0.29) is 18.3 Å². The summed E-state index contributed by atoms with van der Waals surface area (Å²) >= 11 is 0. The van der Waals surface area contributed by atoms with E-state index >= 15 is 0 Å². The molecule has 1 N–H and O–H groups in total. The van der Waals surface area contributed by atoms with Crippen LogP contribution in [0.2, 0.25) is 0 Å². The molecule has 0 bridgehead atoms. The molecule has 1 aliphatic heterocycles. The van der Waals surface area contributed by atoms with Gasteiger partial charge >= 0.3 is 11.9 Å². The van der Waals surface area contributed by atoms with Crippen LogP contribution in [0.5, 0.6) is 11.5 Å². The van der Waals surface area contributed by atoms with Crippen LogP contribution in [0.15, 0.2) is 66.7 Å². The fourth-order valence-electron chi connectivity index (χ4n) is 6.66. The summed E-state index contributed by atoms with van der Waals surface area (Å²) in [6.07, 6.45) is 6.91. The number of carbonyl (C=O) groups is 2. The van der Waals surface area contributed by atoms with Crippen molar-refractivity contribution in [2.45, 2.75) is 57.4 Å². The van der Waals surface area contributed by atoms with E-state index in [1.165, 1.54) is 31.9 Å². The molecule has 7 nitrogen and oxygen atoms in total. The molecule has 0 radical (unpaired) electrons. The first kappa shape index (κ1) is 27.9. The maximum Gasteiger partial charge on any atom is 0.335 e. The van der Waals surface area contributed by atoms with Crippen molar-refractivity contribution in [3.05, 3.63) is 83.4 Å². The van der Waals surface area contributed by atoms with Gasteiger partial charge in [-0.25, -0.2) is 4.79 Å². The highest BCUT2D eigenvalue weighted by atomic mass is 16.5. The summed E-state index contributed by atoms with van der Waals surface area (Å²) < 4.78 is 19.8. The van der Waals surface area contributed by atoms with E-state index in [9.17, 15) is 14.7 Å². The SMILES string of the molecule is COC(=O)C[C@H](COc1ccc2c(c1)OCCn1c-2c(C2CCCCC2)c2ccc(C(=O)O)cc21)Cc1ccccc1. The summed E-state index contributed by atoms with van der Waals surface area (Å²) in [5.74, 6) is 0.664. The Hall–Kier alpha value is -4.26. The number of methoxy groups -OCH3 is 1. The molecular weight excluding hydrogens is 530 g/mol. The number of aromatic carboxylic acids is 1. The molecule has 1 saturated carbocycles. The van der Waals surface area contributed by atoms with Crippen molar-refractivity contribution in [2.75, 3.05) is 20.3 Å². The first-order chi connectivity index (χ1) is 20.5. The van der Waals surface area contributed by atoms with Crippen LogP contribution in [0, 0.1) is 5.92 Å². The first-order valence-electron chi connectivity index (χ1n) is 14.9. The lowest BCUT2D eigenvalue weighted by atomic mass is 9.81. The van der Waals surface area contributed by atoms with E-state index < -0.39 is 5.97 Å². The Labute approximate surface area is 246 Å². The van der Waals surface area contributed by atoms with Gasteiger partial charge in [-0.05, 0) is 60.6 Å². The van der Waals surface area contributed by atoms with E-state index in [1.807, 2.05) is 42.5 Å². The number of aromatic nitrogens is 1. The third-order valence-electron chi connectivity index (χ3n) is 8.68. The minimum Gasteiger partial charge on any atom is -0.493 e. The fraction of sp³-hybridized carbons (Fsp3) is 0.371. The van der Waals surface area contributed by atoms with Gasteiger partial charge in [-0.1, -0.05) is 55.7 Å². The number of rotatable bonds is 9. The van der Waals surface area contributed by atoms with Crippen molar-refractivity contribution in [1.29, 1.82) is 0 Å². The van der Waals surface area contributed by atoms with Gasteiger partial charge in [-0.15, -0.1) is 0 Å². The van der Waals surface area contributed by atoms with Gasteiger partial charge in [0.1, 0.15) is 18.1 Å². The zero-order valence-corrected chi connectivity index (χ0v) is 24.0. The summed E-state index contributed by atoms with van der Waals surface area (Å²) in [6, 6.07) is 21.6. The van der Waals surface area contributed by atoms with Crippen molar-refractivity contribution < 1.29 is 28.9 Å². The van der Waals surface area contributed by atoms with E-state index in [1.54, 1.807) is 6.07 Å². The van der Waals surface area contributed by atoms with Crippen LogP contribution in [0.1, 0.15) is 65.9 Å². The average molecular weight is 568 g/mol. The summed E-state index contributed by atoms with van der Waals surface area (Å²) in [4.78, 5) is 24.0. The number of carboxylic acid groups (broad SMARTS) is 1. The highest BCUT2D eigenvalue weighted by molar-refractivity contribution is 5.98. The molecule has 0 amide bonds. The molecule has 218 valence electrons. The van der Waals surface area contributed by atoms with Gasteiger partial charge in [0.25, 0.3) is 0 Å². The second-order valence-electron chi connectivity index (χ2n) is 11.4. The lowest BCUT2D eigenvalue weighted by Crippen LogP contribution is -2.19. The third-order valence-corrected chi connectivity index (χ3v) is 8.68. The number of carboxylic acids is 1. The van der Waals surface area contributed by atoms with E-state index in [2.05, 4.69) is 22.8 Å². The number of hydrogen-bond donors (Lipinski definition) is 1. The zero-order chi connectivity index (χ0) is 29.1. The number of benzene rings is 3. The molecule has 2 aliphatic rings. The fourth-order valence-corrected chi connectivity index (χ4v) is 6.66. The molecule has 42 heavy (non-hydrogen) atoms. The van der Waals surface area contributed by atoms with Crippen molar-refractivity contribution >= 4 is 22.8 Å². The topological polar surface area (TPSA) is 87.0 Å². The van der Waals surface area contributed by atoms with Gasteiger partial charge in [0.05, 0.1) is 37.9 Å². The number of hydrogen-bond acceptors (Lipinski definition) is 5. The van der Waals surface area contributed by atoms with E-state index in [4.69, 9.17) is 14.2 Å². The second-order valence-corrected chi connectivity index (χ2v) is 11.4. The van der Waals surface area contributed by atoms with Crippen LogP contribution in [0.4, 0.5) is 0 Å². The van der Waals surface area contributed by atoms with Crippen LogP contribution in [-0.4, -0.2) is 41.9 Å². The zero-order valence-electron chi connectivity index (χ0n) is 24.0. The predicted molar refractivity (Wildman–Crippen MR) is 161 cm³/mol. The van der Waals surface area contributed by atoms with Gasteiger partial charge in [-0.3, -0.25) is 4.79 Å². The monoisotopic (exact) mass is 567 g/mol. The van der Waals surface area contributed by atoms with Gasteiger partial charge in [0, 0.05) is 28.5 Å². The minimum absolute atomic E-state index is 0.0385. The Bertz CT molecular complexity index is 1580. The van der Waals surface area contributed by atoms with E-state index in [0.29, 0.717) is 43.4 Å². The van der Waals surface area contributed by atoms with Gasteiger partial charge < -0.3 is 23.9 Å². The molecule has 4 aromatic rings. The van der Waals surface area contributed by atoms with Gasteiger partial charge in [0.2, 0.25) is 0 Å². The van der Waals surface area contributed by atoms with Crippen LogP contribution in [0.3, 0.4) is 0 Å². The van der Waals surface area contributed by atoms with E-state index in [0.717, 1.165) is 46.3 Å². The van der Waals surface area contributed by atoms with Crippen LogP contribution < -0.4 is 9.47 Å². The molecule has 6 rings (SSSR count). The summed E-state index contributed by atoms with van der Waals surface area (Å²) in [6.45, 7) is 1.47. The number of fused-ring (bicyclic) bond motifs is 5. The molecule has 1 atom stereocenters. The first-order valence-corrected chi connectivity index (χ1v) is 14.9. The Kier molecular flexibility index (Phi) is 8.17. The van der Waals surface area contributed by atoms with Crippen LogP contribution in [0.25, 0.3) is 22.2 Å². The highest BCUT2D eigenvalue weighted by Crippen LogP contribution is 2.47. The lowest BCUT2D eigenvalue weighted by Gasteiger charge is -2.23. The second kappa shape index (κ2) is 12.3. The lowest BCUT2D eigenvalue weighted by molar-refractivity contribution is -0.142. The smallest absolute Gasteiger partial charge is 0.335 e. The highest BCUT2D eigenvalue weighted by Gasteiger charge is 2.30. The quantitative estimate of drug-likeness (QED) is 0.215. The molecule has 0 unspecified atom stereocenters. The largest absolute Gasteiger partial charge is 0.493 e. The Morgan fingerprint density at radius 1 is 1.02 bits per heavy atom. The van der Waals surface area contributed by atoms with Gasteiger partial charge in [0.15, 0.2) is 0 Å². The van der Waals surface area contributed by atoms with Crippen molar-refractivity contribution in [3.63, 3.8) is 0 Å².